The molecular formula is C18H26N2S. The number of hydrogen-bond donors (Lipinski definition) is 1. The van der Waals surface area contributed by atoms with Crippen LogP contribution in [0.3, 0.4) is 0 Å². The predicted octanol–water partition coefficient (Wildman–Crippen LogP) is 3.57. The Balaban J connectivity index is 1.89. The zero-order valence-electron chi connectivity index (χ0n) is 13.1. The lowest BCUT2D eigenvalue weighted by Crippen LogP contribution is -2.50. The van der Waals surface area contributed by atoms with Gasteiger partial charge in [-0.25, -0.2) is 0 Å². The molecule has 2 aromatic rings. The van der Waals surface area contributed by atoms with E-state index in [1.165, 1.54) is 10.4 Å². The van der Waals surface area contributed by atoms with E-state index in [4.69, 9.17) is 5.73 Å². The van der Waals surface area contributed by atoms with Crippen LogP contribution in [-0.2, 0) is 12.8 Å². The summed E-state index contributed by atoms with van der Waals surface area (Å²) in [6, 6.07) is 15.0. The van der Waals surface area contributed by atoms with Crippen LogP contribution < -0.4 is 5.73 Å². The zero-order chi connectivity index (χ0) is 15.1. The van der Waals surface area contributed by atoms with Gasteiger partial charge in [0.25, 0.3) is 0 Å². The molecule has 0 radical (unpaired) electrons. The SMILES string of the molecule is CN(CCc1cccs1)C(C)(CN)CCc1ccccc1. The fraction of sp³-hybridized carbons (Fsp3) is 0.444. The first-order chi connectivity index (χ1) is 10.1. The minimum absolute atomic E-state index is 0.0626. The molecule has 0 aliphatic carbocycles. The van der Waals surface area contributed by atoms with Crippen LogP contribution in [0.4, 0.5) is 0 Å². The van der Waals surface area contributed by atoms with Gasteiger partial charge in [0.2, 0.25) is 0 Å². The van der Waals surface area contributed by atoms with Gasteiger partial charge in [0.1, 0.15) is 0 Å². The first kappa shape index (κ1) is 16.2. The quantitative estimate of drug-likeness (QED) is 0.807. The van der Waals surface area contributed by atoms with Crippen LogP contribution in [0, 0.1) is 0 Å². The normalized spacial score (nSPS) is 14.3. The molecule has 2 N–H and O–H groups in total. The summed E-state index contributed by atoms with van der Waals surface area (Å²) < 4.78 is 0. The van der Waals surface area contributed by atoms with Gasteiger partial charge in [-0.1, -0.05) is 36.4 Å². The van der Waals surface area contributed by atoms with Gasteiger partial charge in [-0.2, -0.15) is 0 Å². The molecule has 1 aromatic heterocycles. The van der Waals surface area contributed by atoms with Crippen LogP contribution in [0.2, 0.25) is 0 Å². The number of nitrogens with two attached hydrogens (primary N) is 1. The van der Waals surface area contributed by atoms with Crippen molar-refractivity contribution in [1.29, 1.82) is 0 Å². The highest BCUT2D eigenvalue weighted by atomic mass is 32.1. The molecule has 1 heterocycles. The average Bonchev–Trinajstić information content (AvgIpc) is 3.04. The van der Waals surface area contributed by atoms with E-state index in [1.807, 2.05) is 11.3 Å². The van der Waals surface area contributed by atoms with E-state index < -0.39 is 0 Å². The number of rotatable bonds is 8. The lowest BCUT2D eigenvalue weighted by molar-refractivity contribution is 0.136. The van der Waals surface area contributed by atoms with Gasteiger partial charge >= 0.3 is 0 Å². The Labute approximate surface area is 132 Å². The minimum Gasteiger partial charge on any atom is -0.329 e. The first-order valence-corrected chi connectivity index (χ1v) is 8.50. The van der Waals surface area contributed by atoms with Gasteiger partial charge in [-0.3, -0.25) is 4.90 Å². The molecule has 0 aliphatic rings. The molecule has 0 saturated heterocycles. The van der Waals surface area contributed by atoms with Crippen molar-refractivity contribution in [2.45, 2.75) is 31.7 Å². The third kappa shape index (κ3) is 4.67. The maximum absolute atomic E-state index is 6.08. The summed E-state index contributed by atoms with van der Waals surface area (Å²) in [5, 5.41) is 2.15. The molecule has 2 nitrogen and oxygen atoms in total. The van der Waals surface area contributed by atoms with Gasteiger partial charge in [-0.05, 0) is 50.2 Å². The second-order valence-corrected chi connectivity index (χ2v) is 6.97. The summed E-state index contributed by atoms with van der Waals surface area (Å²) in [6.07, 6.45) is 3.28. The highest BCUT2D eigenvalue weighted by molar-refractivity contribution is 7.09. The minimum atomic E-state index is 0.0626. The van der Waals surface area contributed by atoms with Crippen LogP contribution in [0.5, 0.6) is 0 Å². The van der Waals surface area contributed by atoms with Gasteiger partial charge in [0.05, 0.1) is 0 Å². The monoisotopic (exact) mass is 302 g/mol. The molecule has 2 rings (SSSR count). The molecule has 1 atom stereocenters. The Morgan fingerprint density at radius 3 is 2.48 bits per heavy atom. The van der Waals surface area contributed by atoms with E-state index in [-0.39, 0.29) is 5.54 Å². The molecule has 0 saturated carbocycles. The van der Waals surface area contributed by atoms with Crippen molar-refractivity contribution < 1.29 is 0 Å². The topological polar surface area (TPSA) is 29.3 Å². The number of benzene rings is 1. The number of likely N-dealkylation sites (N-methyl/N-ethyl adjacent to an activating group) is 1. The van der Waals surface area contributed by atoms with Gasteiger partial charge in [-0.15, -0.1) is 11.3 Å². The molecule has 0 aliphatic heterocycles. The molecular weight excluding hydrogens is 276 g/mol. The summed E-state index contributed by atoms with van der Waals surface area (Å²) in [4.78, 5) is 3.87. The second-order valence-electron chi connectivity index (χ2n) is 5.94. The van der Waals surface area contributed by atoms with Gasteiger partial charge < -0.3 is 5.73 Å². The third-order valence-electron chi connectivity index (χ3n) is 4.43. The van der Waals surface area contributed by atoms with E-state index in [2.05, 4.69) is 66.7 Å². The van der Waals surface area contributed by atoms with Crippen molar-refractivity contribution in [1.82, 2.24) is 4.90 Å². The predicted molar refractivity (Wildman–Crippen MR) is 92.9 cm³/mol. The number of nitrogens with zero attached hydrogens (tertiary/aromatic N) is 1. The molecule has 114 valence electrons. The summed E-state index contributed by atoms with van der Waals surface area (Å²) in [5.41, 5.74) is 7.54. The average molecular weight is 302 g/mol. The van der Waals surface area contributed by atoms with E-state index >= 15 is 0 Å². The maximum atomic E-state index is 6.08. The molecule has 0 spiro atoms. The van der Waals surface area contributed by atoms with E-state index in [0.717, 1.165) is 25.8 Å². The summed E-state index contributed by atoms with van der Waals surface area (Å²) in [7, 11) is 2.20. The molecule has 3 heteroatoms. The zero-order valence-corrected chi connectivity index (χ0v) is 13.9. The van der Waals surface area contributed by atoms with E-state index in [9.17, 15) is 0 Å². The van der Waals surface area contributed by atoms with Crippen LogP contribution in [-0.4, -0.2) is 30.6 Å². The number of thiophene rings is 1. The van der Waals surface area contributed by atoms with E-state index in [0.29, 0.717) is 6.54 Å². The summed E-state index contributed by atoms with van der Waals surface area (Å²) in [6.45, 7) is 4.04. The lowest BCUT2D eigenvalue weighted by atomic mass is 9.91. The summed E-state index contributed by atoms with van der Waals surface area (Å²) in [5.74, 6) is 0. The van der Waals surface area contributed by atoms with Gasteiger partial charge in [0.15, 0.2) is 0 Å². The second kappa shape index (κ2) is 7.74. The highest BCUT2D eigenvalue weighted by Gasteiger charge is 2.27. The smallest absolute Gasteiger partial charge is 0.0303 e. The van der Waals surface area contributed by atoms with Crippen LogP contribution in [0.1, 0.15) is 23.8 Å². The maximum Gasteiger partial charge on any atom is 0.0303 e. The molecule has 1 unspecified atom stereocenters. The Bertz CT molecular complexity index is 509. The largest absolute Gasteiger partial charge is 0.329 e. The van der Waals surface area contributed by atoms with Crippen LogP contribution in [0.25, 0.3) is 0 Å². The fourth-order valence-corrected chi connectivity index (χ4v) is 3.21. The van der Waals surface area contributed by atoms with Crippen molar-refractivity contribution in [2.24, 2.45) is 5.73 Å². The summed E-state index contributed by atoms with van der Waals surface area (Å²) >= 11 is 1.84. The Morgan fingerprint density at radius 1 is 1.10 bits per heavy atom. The van der Waals surface area contributed by atoms with Crippen molar-refractivity contribution in [3.8, 4) is 0 Å². The molecule has 0 bridgehead atoms. The Kier molecular flexibility index (Phi) is 5.97. The molecule has 1 aromatic carbocycles. The standard InChI is InChI=1S/C18H26N2S/c1-18(15-19,12-10-16-7-4-3-5-8-16)20(2)13-11-17-9-6-14-21-17/h3-9,14H,10-13,15,19H2,1-2H3. The molecule has 0 fully saturated rings. The lowest BCUT2D eigenvalue weighted by Gasteiger charge is -2.38. The van der Waals surface area contributed by atoms with Crippen molar-refractivity contribution in [3.63, 3.8) is 0 Å². The molecule has 21 heavy (non-hydrogen) atoms. The fourth-order valence-electron chi connectivity index (χ4n) is 2.51. The number of aryl methyl sites for hydroxylation is 1. The van der Waals surface area contributed by atoms with Crippen LogP contribution in [0.15, 0.2) is 47.8 Å². The third-order valence-corrected chi connectivity index (χ3v) is 5.37. The van der Waals surface area contributed by atoms with Crippen molar-refractivity contribution in [2.75, 3.05) is 20.1 Å². The van der Waals surface area contributed by atoms with Crippen molar-refractivity contribution in [3.05, 3.63) is 58.3 Å². The van der Waals surface area contributed by atoms with E-state index in [1.54, 1.807) is 0 Å². The van der Waals surface area contributed by atoms with Gasteiger partial charge in [0, 0.05) is 23.5 Å². The van der Waals surface area contributed by atoms with Crippen molar-refractivity contribution >= 4 is 11.3 Å². The Hall–Kier alpha value is -1.16. The molecule has 0 amide bonds. The highest BCUT2D eigenvalue weighted by Crippen LogP contribution is 2.21. The first-order valence-electron chi connectivity index (χ1n) is 7.62. The number of hydrogen-bond acceptors (Lipinski definition) is 3. The van der Waals surface area contributed by atoms with Crippen LogP contribution >= 0.6 is 11.3 Å². The Morgan fingerprint density at radius 2 is 1.86 bits per heavy atom.